The van der Waals surface area contributed by atoms with E-state index in [1.807, 2.05) is 83.4 Å². The molecule has 0 atom stereocenters. The molecular formula is C28H26N4O4. The van der Waals surface area contributed by atoms with Crippen molar-refractivity contribution >= 4 is 11.5 Å². The average molecular weight is 483 g/mol. The number of benzene rings is 3. The second kappa shape index (κ2) is 10.3. The van der Waals surface area contributed by atoms with Gasteiger partial charge in [-0.25, -0.2) is 9.50 Å². The van der Waals surface area contributed by atoms with E-state index in [4.69, 9.17) is 24.0 Å². The van der Waals surface area contributed by atoms with Crippen molar-refractivity contribution < 1.29 is 18.9 Å². The van der Waals surface area contributed by atoms with Crippen molar-refractivity contribution in [1.82, 2.24) is 14.6 Å². The Morgan fingerprint density at radius 3 is 2.22 bits per heavy atom. The third-order valence-electron chi connectivity index (χ3n) is 5.69. The molecule has 0 aliphatic carbocycles. The van der Waals surface area contributed by atoms with Crippen LogP contribution in [0.5, 0.6) is 28.7 Å². The predicted molar refractivity (Wildman–Crippen MR) is 138 cm³/mol. The maximum Gasteiger partial charge on any atom is 0.203 e. The van der Waals surface area contributed by atoms with E-state index < -0.39 is 0 Å². The molecule has 5 aromatic rings. The molecule has 0 spiro atoms. The lowest BCUT2D eigenvalue weighted by Gasteiger charge is -2.15. The minimum absolute atomic E-state index is 0.507. The van der Waals surface area contributed by atoms with Crippen molar-refractivity contribution in [3.05, 3.63) is 90.6 Å². The van der Waals surface area contributed by atoms with E-state index in [1.54, 1.807) is 27.5 Å². The maximum absolute atomic E-state index is 6.16. The molecule has 0 aliphatic heterocycles. The lowest BCUT2D eigenvalue weighted by molar-refractivity contribution is 0.324. The van der Waals surface area contributed by atoms with Crippen molar-refractivity contribution in [2.75, 3.05) is 26.6 Å². The highest BCUT2D eigenvalue weighted by Crippen LogP contribution is 2.38. The van der Waals surface area contributed by atoms with Gasteiger partial charge >= 0.3 is 0 Å². The van der Waals surface area contributed by atoms with Crippen molar-refractivity contribution in [1.29, 1.82) is 0 Å². The zero-order valence-corrected chi connectivity index (χ0v) is 20.3. The van der Waals surface area contributed by atoms with Crippen LogP contribution in [0.4, 0.5) is 5.82 Å². The lowest BCUT2D eigenvalue weighted by Crippen LogP contribution is -2.06. The highest BCUT2D eigenvalue weighted by Gasteiger charge is 2.15. The molecule has 0 fully saturated rings. The van der Waals surface area contributed by atoms with Gasteiger partial charge in [-0.05, 0) is 54.1 Å². The van der Waals surface area contributed by atoms with E-state index >= 15 is 0 Å². The molecule has 5 rings (SSSR count). The minimum atomic E-state index is 0.507. The normalized spacial score (nSPS) is 10.8. The summed E-state index contributed by atoms with van der Waals surface area (Å²) in [6.45, 7) is 0.507. The molecule has 8 nitrogen and oxygen atoms in total. The molecule has 0 amide bonds. The Hall–Kier alpha value is -4.72. The van der Waals surface area contributed by atoms with Gasteiger partial charge < -0.3 is 24.3 Å². The molecule has 0 unspecified atom stereocenters. The molecular weight excluding hydrogens is 456 g/mol. The Kier molecular flexibility index (Phi) is 6.57. The molecule has 0 bridgehead atoms. The van der Waals surface area contributed by atoms with Gasteiger partial charge in [-0.1, -0.05) is 30.3 Å². The second-order valence-electron chi connectivity index (χ2n) is 7.93. The van der Waals surface area contributed by atoms with Gasteiger partial charge in [-0.2, -0.15) is 0 Å². The van der Waals surface area contributed by atoms with Crippen molar-refractivity contribution in [3.8, 4) is 40.0 Å². The molecule has 2 aromatic heterocycles. The summed E-state index contributed by atoms with van der Waals surface area (Å²) in [5, 5.41) is 8.17. The molecule has 2 heterocycles. The van der Waals surface area contributed by atoms with Crippen LogP contribution >= 0.6 is 0 Å². The first-order valence-electron chi connectivity index (χ1n) is 11.4. The highest BCUT2D eigenvalue weighted by atomic mass is 16.5. The first-order valence-corrected chi connectivity index (χ1v) is 11.4. The quantitative estimate of drug-likeness (QED) is 0.283. The van der Waals surface area contributed by atoms with Gasteiger partial charge in [-0.15, -0.1) is 5.10 Å². The topological polar surface area (TPSA) is 79.1 Å². The zero-order chi connectivity index (χ0) is 24.9. The fraction of sp³-hybridized carbons (Fsp3) is 0.143. The third-order valence-corrected chi connectivity index (χ3v) is 5.69. The Labute approximate surface area is 209 Å². The number of imidazole rings is 1. The number of hydrogen-bond donors (Lipinski definition) is 1. The van der Waals surface area contributed by atoms with Crippen LogP contribution in [-0.4, -0.2) is 35.9 Å². The van der Waals surface area contributed by atoms with Gasteiger partial charge in [0.25, 0.3) is 0 Å². The summed E-state index contributed by atoms with van der Waals surface area (Å²) >= 11 is 0. The van der Waals surface area contributed by atoms with E-state index in [0.29, 0.717) is 29.6 Å². The summed E-state index contributed by atoms with van der Waals surface area (Å²) in [5.74, 6) is 3.94. The number of nitrogens with one attached hydrogen (secondary N) is 1. The van der Waals surface area contributed by atoms with Gasteiger partial charge in [0.05, 0.1) is 33.2 Å². The Bertz CT molecular complexity index is 1460. The van der Waals surface area contributed by atoms with E-state index in [0.717, 1.165) is 34.0 Å². The Morgan fingerprint density at radius 1 is 0.778 bits per heavy atom. The molecule has 0 aliphatic rings. The van der Waals surface area contributed by atoms with Crippen LogP contribution < -0.4 is 24.3 Å². The van der Waals surface area contributed by atoms with Crippen LogP contribution in [0.3, 0.4) is 0 Å². The summed E-state index contributed by atoms with van der Waals surface area (Å²) in [6.07, 6.45) is 1.80. The molecule has 3 aromatic carbocycles. The van der Waals surface area contributed by atoms with Gasteiger partial charge in [0, 0.05) is 12.1 Å². The van der Waals surface area contributed by atoms with Gasteiger partial charge in [0.2, 0.25) is 5.75 Å². The lowest BCUT2D eigenvalue weighted by atomic mass is 10.1. The number of ether oxygens (including phenoxy) is 4. The SMILES string of the molecule is COc1cc(CNc2ccc3ncc(-c4ccccc4Oc4ccccc4)n3n2)cc(OC)c1OC. The minimum Gasteiger partial charge on any atom is -0.493 e. The van der Waals surface area contributed by atoms with E-state index in [1.165, 1.54) is 0 Å². The zero-order valence-electron chi connectivity index (χ0n) is 20.3. The smallest absolute Gasteiger partial charge is 0.203 e. The fourth-order valence-electron chi connectivity index (χ4n) is 3.96. The van der Waals surface area contributed by atoms with E-state index in [9.17, 15) is 0 Å². The molecule has 0 radical (unpaired) electrons. The molecule has 1 N–H and O–H groups in total. The predicted octanol–water partition coefficient (Wildman–Crippen LogP) is 5.83. The Morgan fingerprint density at radius 2 is 1.50 bits per heavy atom. The van der Waals surface area contributed by atoms with Crippen molar-refractivity contribution in [2.24, 2.45) is 0 Å². The van der Waals surface area contributed by atoms with Crippen LogP contribution in [0.2, 0.25) is 0 Å². The number of para-hydroxylation sites is 2. The molecule has 36 heavy (non-hydrogen) atoms. The average Bonchev–Trinajstić information content (AvgIpc) is 3.35. The van der Waals surface area contributed by atoms with Crippen LogP contribution in [0.25, 0.3) is 16.9 Å². The monoisotopic (exact) mass is 482 g/mol. The number of anilines is 1. The van der Waals surface area contributed by atoms with Crippen LogP contribution in [-0.2, 0) is 6.54 Å². The van der Waals surface area contributed by atoms with Gasteiger partial charge in [-0.3, -0.25) is 0 Å². The molecule has 182 valence electrons. The molecule has 8 heteroatoms. The highest BCUT2D eigenvalue weighted by molar-refractivity contribution is 5.70. The largest absolute Gasteiger partial charge is 0.493 e. The summed E-state index contributed by atoms with van der Waals surface area (Å²) in [6, 6.07) is 25.2. The second-order valence-corrected chi connectivity index (χ2v) is 7.93. The standard InChI is InChI=1S/C28H26N4O4/c1-33-24-15-19(16-25(34-2)28(24)35-3)17-29-26-13-14-27-30-18-22(32(27)31-26)21-11-7-8-12-23(21)36-20-9-5-4-6-10-20/h4-16,18H,17H2,1-3H3,(H,29,31). The van der Waals surface area contributed by atoms with Crippen molar-refractivity contribution in [3.63, 3.8) is 0 Å². The van der Waals surface area contributed by atoms with Gasteiger partial charge in [0.1, 0.15) is 17.3 Å². The number of hydrogen-bond acceptors (Lipinski definition) is 7. The molecule has 0 saturated heterocycles. The number of fused-ring (bicyclic) bond motifs is 1. The van der Waals surface area contributed by atoms with E-state index in [2.05, 4.69) is 10.3 Å². The van der Waals surface area contributed by atoms with E-state index in [-0.39, 0.29) is 0 Å². The van der Waals surface area contributed by atoms with Crippen LogP contribution in [0.15, 0.2) is 85.1 Å². The Balaban J connectivity index is 1.43. The summed E-state index contributed by atoms with van der Waals surface area (Å²) in [5.41, 5.74) is 3.41. The summed E-state index contributed by atoms with van der Waals surface area (Å²) < 4.78 is 24.3. The summed E-state index contributed by atoms with van der Waals surface area (Å²) in [7, 11) is 4.79. The number of aromatic nitrogens is 3. The number of rotatable bonds is 9. The first kappa shape index (κ1) is 23.0. The fourth-order valence-corrected chi connectivity index (χ4v) is 3.96. The van der Waals surface area contributed by atoms with Crippen LogP contribution in [0, 0.1) is 0 Å². The number of methoxy groups -OCH3 is 3. The molecule has 0 saturated carbocycles. The maximum atomic E-state index is 6.16. The third kappa shape index (κ3) is 4.61. The first-order chi connectivity index (χ1) is 17.7. The number of nitrogens with zero attached hydrogens (tertiary/aromatic N) is 3. The van der Waals surface area contributed by atoms with Crippen molar-refractivity contribution in [2.45, 2.75) is 6.54 Å². The van der Waals surface area contributed by atoms with Crippen LogP contribution in [0.1, 0.15) is 5.56 Å². The van der Waals surface area contributed by atoms with Gasteiger partial charge in [0.15, 0.2) is 17.1 Å². The summed E-state index contributed by atoms with van der Waals surface area (Å²) in [4.78, 5) is 4.54.